The summed E-state index contributed by atoms with van der Waals surface area (Å²) < 4.78 is 12.8. The second kappa shape index (κ2) is 6.70. The lowest BCUT2D eigenvalue weighted by molar-refractivity contribution is -0.123. The van der Waals surface area contributed by atoms with Crippen molar-refractivity contribution in [1.82, 2.24) is 5.43 Å². The Balaban J connectivity index is 1.56. The molecule has 0 spiro atoms. The third-order valence-electron chi connectivity index (χ3n) is 3.27. The molecule has 118 valence electrons. The van der Waals surface area contributed by atoms with Crippen molar-refractivity contribution in [3.63, 3.8) is 0 Å². The maximum atomic E-state index is 12.8. The summed E-state index contributed by atoms with van der Waals surface area (Å²) >= 11 is 1.37. The van der Waals surface area contributed by atoms with Crippen LogP contribution in [-0.4, -0.2) is 17.1 Å². The van der Waals surface area contributed by atoms with Crippen LogP contribution in [-0.2, 0) is 9.59 Å². The number of halogens is 1. The second-order valence-electron chi connectivity index (χ2n) is 4.98. The van der Waals surface area contributed by atoms with E-state index in [4.69, 9.17) is 0 Å². The van der Waals surface area contributed by atoms with Crippen molar-refractivity contribution in [1.29, 1.82) is 0 Å². The third-order valence-corrected chi connectivity index (χ3v) is 4.54. The molecule has 0 saturated carbocycles. The molecule has 1 aliphatic rings. The fourth-order valence-corrected chi connectivity index (χ4v) is 3.23. The van der Waals surface area contributed by atoms with Crippen LogP contribution in [0.3, 0.4) is 0 Å². The van der Waals surface area contributed by atoms with Crippen LogP contribution in [0.2, 0.25) is 0 Å². The van der Waals surface area contributed by atoms with E-state index in [0.29, 0.717) is 5.69 Å². The number of nitrogens with one attached hydrogen (secondary N) is 3. The highest BCUT2D eigenvalue weighted by molar-refractivity contribution is 8.01. The first-order valence-electron chi connectivity index (χ1n) is 6.99. The summed E-state index contributed by atoms with van der Waals surface area (Å²) in [6.07, 6.45) is 0.0407. The first-order valence-corrected chi connectivity index (χ1v) is 7.87. The molecular formula is C16H14FN3O2S. The minimum atomic E-state index is -0.486. The average Bonchev–Trinajstić information content (AvgIpc) is 2.55. The number of thioether (sulfide) groups is 1. The van der Waals surface area contributed by atoms with Crippen molar-refractivity contribution in [2.45, 2.75) is 16.6 Å². The number of rotatable bonds is 4. The molecule has 1 heterocycles. The zero-order valence-corrected chi connectivity index (χ0v) is 12.8. The second-order valence-corrected chi connectivity index (χ2v) is 6.22. The van der Waals surface area contributed by atoms with Crippen LogP contribution in [0.25, 0.3) is 0 Å². The molecule has 1 atom stereocenters. The van der Waals surface area contributed by atoms with E-state index in [1.165, 1.54) is 36.0 Å². The maximum Gasteiger partial charge on any atom is 0.239 e. The Hall–Kier alpha value is -2.54. The Kier molecular flexibility index (Phi) is 4.47. The molecule has 0 saturated heterocycles. The number of hydrogen-bond donors (Lipinski definition) is 3. The molecule has 3 N–H and O–H groups in total. The number of carbonyl (C=O) groups is 2. The zero-order valence-electron chi connectivity index (χ0n) is 12.0. The van der Waals surface area contributed by atoms with Crippen molar-refractivity contribution < 1.29 is 14.0 Å². The SMILES string of the molecule is O=C(C[C@@H]1Sc2ccccc2NC1=O)NNc1ccc(F)cc1. The van der Waals surface area contributed by atoms with Gasteiger partial charge in [0.15, 0.2) is 0 Å². The Morgan fingerprint density at radius 3 is 2.70 bits per heavy atom. The Bertz CT molecular complexity index is 736. The number of para-hydroxylation sites is 1. The minimum absolute atomic E-state index is 0.0407. The van der Waals surface area contributed by atoms with Crippen LogP contribution in [0.5, 0.6) is 0 Å². The van der Waals surface area contributed by atoms with Crippen molar-refractivity contribution >= 4 is 35.0 Å². The van der Waals surface area contributed by atoms with E-state index in [1.807, 2.05) is 24.3 Å². The van der Waals surface area contributed by atoms with Gasteiger partial charge in [0.1, 0.15) is 5.82 Å². The highest BCUT2D eigenvalue weighted by Gasteiger charge is 2.28. The maximum absolute atomic E-state index is 12.8. The first kappa shape index (κ1) is 15.4. The van der Waals surface area contributed by atoms with Crippen LogP contribution in [0.15, 0.2) is 53.4 Å². The van der Waals surface area contributed by atoms with E-state index >= 15 is 0 Å². The number of amides is 2. The van der Waals surface area contributed by atoms with Gasteiger partial charge in [-0.3, -0.25) is 20.4 Å². The Labute approximate surface area is 136 Å². The molecule has 3 rings (SSSR count). The number of anilines is 2. The van der Waals surface area contributed by atoms with Gasteiger partial charge in [-0.25, -0.2) is 4.39 Å². The monoisotopic (exact) mass is 331 g/mol. The van der Waals surface area contributed by atoms with Crippen LogP contribution in [0, 0.1) is 5.82 Å². The molecule has 0 aromatic heterocycles. The first-order chi connectivity index (χ1) is 11.1. The van der Waals surface area contributed by atoms with Gasteiger partial charge in [0.05, 0.1) is 16.6 Å². The van der Waals surface area contributed by atoms with Crippen molar-refractivity contribution in [3.05, 3.63) is 54.3 Å². The minimum Gasteiger partial charge on any atom is -0.324 e. The quantitative estimate of drug-likeness (QED) is 0.754. The van der Waals surface area contributed by atoms with Crippen molar-refractivity contribution in [3.8, 4) is 0 Å². The Morgan fingerprint density at radius 2 is 1.91 bits per heavy atom. The fourth-order valence-electron chi connectivity index (χ4n) is 2.12. The van der Waals surface area contributed by atoms with E-state index in [9.17, 15) is 14.0 Å². The summed E-state index contributed by atoms with van der Waals surface area (Å²) in [5.74, 6) is -0.859. The lowest BCUT2D eigenvalue weighted by atomic mass is 10.2. The molecule has 0 fully saturated rings. The number of benzene rings is 2. The normalized spacial score (nSPS) is 16.2. The smallest absolute Gasteiger partial charge is 0.239 e. The predicted molar refractivity (Wildman–Crippen MR) is 87.5 cm³/mol. The average molecular weight is 331 g/mol. The van der Waals surface area contributed by atoms with Gasteiger partial charge in [-0.15, -0.1) is 11.8 Å². The molecule has 5 nitrogen and oxygen atoms in total. The van der Waals surface area contributed by atoms with Gasteiger partial charge >= 0.3 is 0 Å². The van der Waals surface area contributed by atoms with Gasteiger partial charge < -0.3 is 5.32 Å². The Morgan fingerprint density at radius 1 is 1.17 bits per heavy atom. The molecule has 0 radical (unpaired) electrons. The van der Waals surface area contributed by atoms with Crippen LogP contribution < -0.4 is 16.2 Å². The number of carbonyl (C=O) groups excluding carboxylic acids is 2. The molecule has 2 aromatic rings. The summed E-state index contributed by atoms with van der Waals surface area (Å²) in [7, 11) is 0. The zero-order chi connectivity index (χ0) is 16.2. The fraction of sp³-hybridized carbons (Fsp3) is 0.125. The molecule has 2 amide bonds. The number of fused-ring (bicyclic) bond motifs is 1. The molecule has 0 unspecified atom stereocenters. The van der Waals surface area contributed by atoms with Crippen molar-refractivity contribution in [2.24, 2.45) is 0 Å². The van der Waals surface area contributed by atoms with Gasteiger partial charge in [-0.2, -0.15) is 0 Å². The lowest BCUT2D eigenvalue weighted by Gasteiger charge is -2.23. The summed E-state index contributed by atoms with van der Waals surface area (Å²) in [6, 6.07) is 13.1. The van der Waals surface area contributed by atoms with E-state index in [0.717, 1.165) is 10.6 Å². The predicted octanol–water partition coefficient (Wildman–Crippen LogP) is 2.77. The number of hydrazine groups is 1. The molecular weight excluding hydrogens is 317 g/mol. The summed E-state index contributed by atoms with van der Waals surface area (Å²) in [4.78, 5) is 24.9. The lowest BCUT2D eigenvalue weighted by Crippen LogP contribution is -2.36. The van der Waals surface area contributed by atoms with Crippen LogP contribution in [0.1, 0.15) is 6.42 Å². The summed E-state index contributed by atoms with van der Waals surface area (Å²) in [6.45, 7) is 0. The molecule has 0 bridgehead atoms. The molecule has 2 aromatic carbocycles. The van der Waals surface area contributed by atoms with E-state index < -0.39 is 5.25 Å². The van der Waals surface area contributed by atoms with Crippen molar-refractivity contribution in [2.75, 3.05) is 10.7 Å². The largest absolute Gasteiger partial charge is 0.324 e. The molecule has 1 aliphatic heterocycles. The highest BCUT2D eigenvalue weighted by Crippen LogP contribution is 2.36. The van der Waals surface area contributed by atoms with E-state index in [-0.39, 0.29) is 24.1 Å². The molecule has 23 heavy (non-hydrogen) atoms. The molecule has 0 aliphatic carbocycles. The topological polar surface area (TPSA) is 70.2 Å². The highest BCUT2D eigenvalue weighted by atomic mass is 32.2. The number of hydrogen-bond acceptors (Lipinski definition) is 4. The van der Waals surface area contributed by atoms with E-state index in [1.54, 1.807) is 0 Å². The van der Waals surface area contributed by atoms with Gasteiger partial charge in [-0.1, -0.05) is 12.1 Å². The molecule has 7 heteroatoms. The van der Waals surface area contributed by atoms with E-state index in [2.05, 4.69) is 16.2 Å². The van der Waals surface area contributed by atoms with Crippen LogP contribution in [0.4, 0.5) is 15.8 Å². The standard InChI is InChI=1S/C16H14FN3O2S/c17-10-5-7-11(8-6-10)19-20-15(21)9-14-16(22)18-12-3-1-2-4-13(12)23-14/h1-8,14,19H,9H2,(H,18,22)(H,20,21)/t14-/m0/s1. The van der Waals surface area contributed by atoms with Gasteiger partial charge in [-0.05, 0) is 36.4 Å². The van der Waals surface area contributed by atoms with Gasteiger partial charge in [0.25, 0.3) is 0 Å². The van der Waals surface area contributed by atoms with Gasteiger partial charge in [0.2, 0.25) is 11.8 Å². The van der Waals surface area contributed by atoms with Gasteiger partial charge in [0, 0.05) is 11.3 Å². The third kappa shape index (κ3) is 3.81. The summed E-state index contributed by atoms with van der Waals surface area (Å²) in [5.41, 5.74) is 6.52. The summed E-state index contributed by atoms with van der Waals surface area (Å²) in [5, 5.41) is 2.31. The van der Waals surface area contributed by atoms with Crippen LogP contribution >= 0.6 is 11.8 Å².